The number of hydrogen-bond donors (Lipinski definition) is 0. The van der Waals surface area contributed by atoms with E-state index < -0.39 is 18.1 Å². The van der Waals surface area contributed by atoms with Crippen LogP contribution in [0.15, 0.2) is 72.9 Å². The first kappa shape index (κ1) is 25.3. The molecule has 4 aromatic rings. The zero-order valence-electron chi connectivity index (χ0n) is 20.4. The summed E-state index contributed by atoms with van der Waals surface area (Å²) in [5.41, 5.74) is 3.38. The number of ether oxygens (including phenoxy) is 1. The van der Waals surface area contributed by atoms with E-state index in [2.05, 4.69) is 9.82 Å². The third-order valence-electron chi connectivity index (χ3n) is 6.27. The highest BCUT2D eigenvalue weighted by molar-refractivity contribution is 6.05. The number of benzene rings is 2. The summed E-state index contributed by atoms with van der Waals surface area (Å²) in [5, 5.41) is 0.358. The van der Waals surface area contributed by atoms with Crippen LogP contribution in [0.25, 0.3) is 5.65 Å². The highest BCUT2D eigenvalue weighted by atomic mass is 19.4. The van der Waals surface area contributed by atoms with Crippen molar-refractivity contribution in [1.82, 2.24) is 9.38 Å². The summed E-state index contributed by atoms with van der Waals surface area (Å²) < 4.78 is 46.6. The van der Waals surface area contributed by atoms with E-state index >= 15 is 0 Å². The fourth-order valence-electron chi connectivity index (χ4n) is 4.12. The maximum Gasteiger partial charge on any atom is 0.493 e. The Morgan fingerprint density at radius 1 is 1.03 bits per heavy atom. The molecule has 0 atom stereocenters. The molecule has 2 aromatic heterocycles. The maximum absolute atomic E-state index is 13.3. The lowest BCUT2D eigenvalue weighted by molar-refractivity contribution is -0.200. The van der Waals surface area contributed by atoms with Gasteiger partial charge in [0.05, 0.1) is 12.3 Å². The molecular weight excluding hydrogens is 499 g/mol. The number of imidazole rings is 1. The molecule has 0 unspecified atom stereocenters. The summed E-state index contributed by atoms with van der Waals surface area (Å²) in [5.74, 6) is -2.61. The fraction of sp³-hybridized carbons (Fsp3) is 0.250. The van der Waals surface area contributed by atoms with Crippen LogP contribution in [-0.2, 0) is 16.1 Å². The SMILES string of the molecule is Cc1c(C2CC2)nc2ccc(N(OC(=O)C(F)(F)F)C(=O)c3ccc(OCCc4ccccc4)cc3)cn12. The minimum absolute atomic E-state index is 0.0107. The number of hydroxylamine groups is 1. The van der Waals surface area contributed by atoms with Crippen molar-refractivity contribution in [1.29, 1.82) is 0 Å². The first-order chi connectivity index (χ1) is 18.2. The van der Waals surface area contributed by atoms with Gasteiger partial charge in [-0.3, -0.25) is 4.79 Å². The van der Waals surface area contributed by atoms with Crippen LogP contribution >= 0.6 is 0 Å². The third kappa shape index (κ3) is 5.49. The predicted molar refractivity (Wildman–Crippen MR) is 133 cm³/mol. The van der Waals surface area contributed by atoms with Gasteiger partial charge in [0.25, 0.3) is 5.91 Å². The van der Waals surface area contributed by atoms with E-state index in [4.69, 9.17) is 4.74 Å². The Morgan fingerprint density at radius 3 is 2.39 bits per heavy atom. The molecular formula is C28H24F3N3O4. The minimum Gasteiger partial charge on any atom is -0.493 e. The molecule has 7 nitrogen and oxygen atoms in total. The monoisotopic (exact) mass is 523 g/mol. The number of aryl methyl sites for hydroxylation is 1. The minimum atomic E-state index is -5.29. The maximum atomic E-state index is 13.3. The molecule has 38 heavy (non-hydrogen) atoms. The molecule has 0 N–H and O–H groups in total. The Hall–Kier alpha value is -4.34. The number of nitrogens with zero attached hydrogens (tertiary/aromatic N) is 3. The number of alkyl halides is 3. The first-order valence-corrected chi connectivity index (χ1v) is 12.1. The van der Waals surface area contributed by atoms with Crippen molar-refractivity contribution in [2.24, 2.45) is 0 Å². The second-order valence-corrected chi connectivity index (χ2v) is 9.06. The summed E-state index contributed by atoms with van der Waals surface area (Å²) in [6.45, 7) is 2.25. The van der Waals surface area contributed by atoms with E-state index in [9.17, 15) is 22.8 Å². The summed E-state index contributed by atoms with van der Waals surface area (Å²) in [6, 6.07) is 18.6. The Balaban J connectivity index is 1.37. The highest BCUT2D eigenvalue weighted by Gasteiger charge is 2.44. The molecule has 2 aromatic carbocycles. The predicted octanol–water partition coefficient (Wildman–Crippen LogP) is 5.81. The van der Waals surface area contributed by atoms with Crippen LogP contribution in [0.5, 0.6) is 5.75 Å². The molecule has 2 heterocycles. The van der Waals surface area contributed by atoms with Crippen LogP contribution < -0.4 is 9.80 Å². The number of carbonyl (C=O) groups excluding carboxylic acids is 2. The van der Waals surface area contributed by atoms with Crippen LogP contribution in [0.3, 0.4) is 0 Å². The van der Waals surface area contributed by atoms with Gasteiger partial charge < -0.3 is 14.0 Å². The van der Waals surface area contributed by atoms with Crippen LogP contribution in [0, 0.1) is 6.92 Å². The highest BCUT2D eigenvalue weighted by Crippen LogP contribution is 2.41. The van der Waals surface area contributed by atoms with Crippen molar-refractivity contribution in [3.05, 3.63) is 95.4 Å². The fourth-order valence-corrected chi connectivity index (χ4v) is 4.12. The first-order valence-electron chi connectivity index (χ1n) is 12.1. The Labute approximate surface area is 216 Å². The van der Waals surface area contributed by atoms with Gasteiger partial charge in [0.1, 0.15) is 17.1 Å². The van der Waals surface area contributed by atoms with Crippen molar-refractivity contribution in [2.75, 3.05) is 11.7 Å². The molecule has 1 fully saturated rings. The molecule has 10 heteroatoms. The second-order valence-electron chi connectivity index (χ2n) is 9.06. The van der Waals surface area contributed by atoms with Crippen molar-refractivity contribution < 1.29 is 32.3 Å². The standard InChI is InChI=1S/C28H24F3N3O4/c1-18-25(20-7-8-20)32-24-14-11-22(17-33(18)24)34(38-27(36)28(29,30)31)26(35)21-9-12-23(13-10-21)37-16-15-19-5-3-2-4-6-19/h2-6,9-14,17,20H,7-8,15-16H2,1H3. The molecule has 0 saturated heterocycles. The number of pyridine rings is 1. The van der Waals surface area contributed by atoms with Crippen LogP contribution in [0.2, 0.25) is 0 Å². The van der Waals surface area contributed by atoms with E-state index in [1.165, 1.54) is 36.5 Å². The summed E-state index contributed by atoms with van der Waals surface area (Å²) >= 11 is 0. The summed E-state index contributed by atoms with van der Waals surface area (Å²) in [4.78, 5) is 34.2. The van der Waals surface area contributed by atoms with Gasteiger partial charge in [0, 0.05) is 29.8 Å². The van der Waals surface area contributed by atoms with Crippen molar-refractivity contribution in [2.45, 2.75) is 38.3 Å². The van der Waals surface area contributed by atoms with Crippen molar-refractivity contribution in [3.63, 3.8) is 0 Å². The van der Waals surface area contributed by atoms with Gasteiger partial charge in [-0.25, -0.2) is 9.78 Å². The molecule has 0 spiro atoms. The van der Waals surface area contributed by atoms with Crippen LogP contribution in [-0.4, -0.2) is 34.0 Å². The van der Waals surface area contributed by atoms with Gasteiger partial charge in [-0.05, 0) is 61.7 Å². The molecule has 0 bridgehead atoms. The molecule has 1 aliphatic carbocycles. The quantitative estimate of drug-likeness (QED) is 0.286. The average Bonchev–Trinajstić information content (AvgIpc) is 3.70. The number of amides is 1. The van der Waals surface area contributed by atoms with Crippen molar-refractivity contribution >= 4 is 23.2 Å². The molecule has 1 amide bonds. The van der Waals surface area contributed by atoms with E-state index in [1.54, 1.807) is 10.5 Å². The zero-order valence-corrected chi connectivity index (χ0v) is 20.4. The lowest BCUT2D eigenvalue weighted by Gasteiger charge is -2.22. The molecule has 196 valence electrons. The Bertz CT molecular complexity index is 1460. The van der Waals surface area contributed by atoms with Crippen LogP contribution in [0.4, 0.5) is 18.9 Å². The smallest absolute Gasteiger partial charge is 0.493 e. The number of carbonyl (C=O) groups is 2. The van der Waals surface area contributed by atoms with Gasteiger partial charge in [-0.1, -0.05) is 30.3 Å². The number of anilines is 1. The van der Waals surface area contributed by atoms with E-state index in [1.807, 2.05) is 37.3 Å². The normalized spacial score (nSPS) is 13.4. The number of fused-ring (bicyclic) bond motifs is 1. The topological polar surface area (TPSA) is 73.1 Å². The molecule has 0 radical (unpaired) electrons. The molecule has 0 aliphatic heterocycles. The van der Waals surface area contributed by atoms with Gasteiger partial charge in [0.2, 0.25) is 0 Å². The number of rotatable bonds is 7. The molecule has 1 aliphatic rings. The number of hydrogen-bond acceptors (Lipinski definition) is 5. The second kappa shape index (κ2) is 10.2. The van der Waals surface area contributed by atoms with E-state index in [0.29, 0.717) is 35.4 Å². The summed E-state index contributed by atoms with van der Waals surface area (Å²) in [6.07, 6.45) is -1.12. The largest absolute Gasteiger partial charge is 0.493 e. The van der Waals surface area contributed by atoms with Gasteiger partial charge in [-0.2, -0.15) is 13.2 Å². The van der Waals surface area contributed by atoms with Gasteiger partial charge >= 0.3 is 12.1 Å². The van der Waals surface area contributed by atoms with Crippen molar-refractivity contribution in [3.8, 4) is 5.75 Å². The molecule has 1 saturated carbocycles. The van der Waals surface area contributed by atoms with Gasteiger partial charge in [0.15, 0.2) is 0 Å². The summed E-state index contributed by atoms with van der Waals surface area (Å²) in [7, 11) is 0. The molecule has 5 rings (SSSR count). The lowest BCUT2D eigenvalue weighted by atomic mass is 10.2. The Morgan fingerprint density at radius 2 is 1.74 bits per heavy atom. The Kier molecular flexibility index (Phi) is 6.79. The third-order valence-corrected chi connectivity index (χ3v) is 6.27. The zero-order chi connectivity index (χ0) is 26.9. The average molecular weight is 524 g/mol. The number of aromatic nitrogens is 2. The van der Waals surface area contributed by atoms with Crippen LogP contribution in [0.1, 0.15) is 46.1 Å². The van der Waals surface area contributed by atoms with Gasteiger partial charge in [-0.15, -0.1) is 5.06 Å². The van der Waals surface area contributed by atoms with E-state index in [-0.39, 0.29) is 11.3 Å². The van der Waals surface area contributed by atoms with E-state index in [0.717, 1.165) is 29.8 Å². The lowest BCUT2D eigenvalue weighted by Crippen LogP contribution is -2.39. The number of halogens is 3.